The Balaban J connectivity index is 2.01. The Hall–Kier alpha value is -0.180. The third-order valence-corrected chi connectivity index (χ3v) is 5.08. The molecule has 2 N–H and O–H groups in total. The summed E-state index contributed by atoms with van der Waals surface area (Å²) in [5.41, 5.74) is 7.25. The van der Waals surface area contributed by atoms with E-state index in [1.165, 1.54) is 41.9 Å². The fourth-order valence-corrected chi connectivity index (χ4v) is 4.10. The normalized spacial score (nSPS) is 18.2. The fourth-order valence-electron chi connectivity index (χ4n) is 2.56. The number of benzene rings is 1. The molecule has 1 nitrogen and oxygen atoms in total. The number of nitrogens with two attached hydrogens (primary N) is 1. The highest BCUT2D eigenvalue weighted by atomic mass is 35.5. The average Bonchev–Trinajstić information content (AvgIpc) is 2.82. The molecule has 1 aliphatic rings. The van der Waals surface area contributed by atoms with Crippen molar-refractivity contribution in [3.8, 4) is 0 Å². The van der Waals surface area contributed by atoms with E-state index in [2.05, 4.69) is 19.1 Å². The summed E-state index contributed by atoms with van der Waals surface area (Å²) >= 11 is 8.06. The van der Waals surface area contributed by atoms with Crippen LogP contribution in [0.25, 0.3) is 0 Å². The van der Waals surface area contributed by atoms with E-state index in [9.17, 15) is 0 Å². The number of rotatable bonds is 5. The highest BCUT2D eigenvalue weighted by molar-refractivity contribution is 7.99. The van der Waals surface area contributed by atoms with Crippen molar-refractivity contribution >= 4 is 23.4 Å². The van der Waals surface area contributed by atoms with Crippen molar-refractivity contribution in [1.82, 2.24) is 0 Å². The van der Waals surface area contributed by atoms with Crippen LogP contribution in [0.5, 0.6) is 0 Å². The van der Waals surface area contributed by atoms with Gasteiger partial charge in [0.15, 0.2) is 0 Å². The van der Waals surface area contributed by atoms with E-state index in [4.69, 9.17) is 17.3 Å². The summed E-state index contributed by atoms with van der Waals surface area (Å²) in [4.78, 5) is 1.33. The molecule has 2 rings (SSSR count). The molecule has 100 valence electrons. The average molecular weight is 284 g/mol. The van der Waals surface area contributed by atoms with Crippen molar-refractivity contribution in [2.45, 2.75) is 50.0 Å². The van der Waals surface area contributed by atoms with Crippen LogP contribution in [0, 0.1) is 5.92 Å². The van der Waals surface area contributed by atoms with Crippen LogP contribution in [-0.4, -0.2) is 11.8 Å². The lowest BCUT2D eigenvalue weighted by molar-refractivity contribution is 0.623. The monoisotopic (exact) mass is 283 g/mol. The maximum absolute atomic E-state index is 6.10. The molecule has 0 radical (unpaired) electrons. The van der Waals surface area contributed by atoms with Crippen molar-refractivity contribution in [3.05, 3.63) is 28.8 Å². The van der Waals surface area contributed by atoms with E-state index < -0.39 is 0 Å². The van der Waals surface area contributed by atoms with Gasteiger partial charge in [-0.25, -0.2) is 0 Å². The van der Waals surface area contributed by atoms with Gasteiger partial charge in [-0.05, 0) is 49.8 Å². The number of hydrogen-bond acceptors (Lipinski definition) is 2. The van der Waals surface area contributed by atoms with E-state index >= 15 is 0 Å². The maximum atomic E-state index is 6.10. The quantitative estimate of drug-likeness (QED) is 0.805. The number of hydrogen-bond donors (Lipinski definition) is 1. The van der Waals surface area contributed by atoms with Crippen LogP contribution in [0.2, 0.25) is 5.02 Å². The first-order valence-electron chi connectivity index (χ1n) is 6.82. The molecule has 0 saturated heterocycles. The molecule has 0 amide bonds. The van der Waals surface area contributed by atoms with E-state index in [0.717, 1.165) is 17.4 Å². The number of halogens is 1. The van der Waals surface area contributed by atoms with E-state index in [-0.39, 0.29) is 6.04 Å². The Morgan fingerprint density at radius 1 is 1.39 bits per heavy atom. The fraction of sp³-hybridized carbons (Fsp3) is 0.600. The van der Waals surface area contributed by atoms with Gasteiger partial charge in [0.1, 0.15) is 0 Å². The van der Waals surface area contributed by atoms with Gasteiger partial charge in [-0.1, -0.05) is 30.5 Å². The van der Waals surface area contributed by atoms with Gasteiger partial charge in [0.2, 0.25) is 0 Å². The summed E-state index contributed by atoms with van der Waals surface area (Å²) < 4.78 is 0. The number of thioether (sulfide) groups is 1. The summed E-state index contributed by atoms with van der Waals surface area (Å²) in [7, 11) is 0. The van der Waals surface area contributed by atoms with Crippen LogP contribution >= 0.6 is 23.4 Å². The lowest BCUT2D eigenvalue weighted by Gasteiger charge is -2.14. The minimum atomic E-state index is 0.206. The van der Waals surface area contributed by atoms with Gasteiger partial charge in [0, 0.05) is 21.7 Å². The smallest absolute Gasteiger partial charge is 0.0417 e. The van der Waals surface area contributed by atoms with Gasteiger partial charge >= 0.3 is 0 Å². The molecule has 1 unspecified atom stereocenters. The molecule has 18 heavy (non-hydrogen) atoms. The molecular formula is C15H22ClNS. The molecule has 1 saturated carbocycles. The lowest BCUT2D eigenvalue weighted by atomic mass is 10.1. The molecule has 1 atom stereocenters. The lowest BCUT2D eigenvalue weighted by Crippen LogP contribution is -2.18. The summed E-state index contributed by atoms with van der Waals surface area (Å²) in [6, 6.07) is 6.40. The molecule has 0 bridgehead atoms. The third-order valence-electron chi connectivity index (χ3n) is 3.52. The summed E-state index contributed by atoms with van der Waals surface area (Å²) in [5.74, 6) is 2.13. The van der Waals surface area contributed by atoms with E-state index in [1.807, 2.05) is 17.8 Å². The molecule has 0 aliphatic heterocycles. The second-order valence-electron chi connectivity index (χ2n) is 5.39. The Bertz CT molecular complexity index is 386. The molecule has 1 fully saturated rings. The van der Waals surface area contributed by atoms with Crippen LogP contribution in [0.15, 0.2) is 23.1 Å². The minimum absolute atomic E-state index is 0.206. The predicted octanol–water partition coefficient (Wildman–Crippen LogP) is 4.51. The third kappa shape index (κ3) is 4.18. The molecule has 0 spiro atoms. The molecule has 1 aromatic rings. The Labute approximate surface area is 119 Å². The van der Waals surface area contributed by atoms with Gasteiger partial charge in [-0.3, -0.25) is 0 Å². The summed E-state index contributed by atoms with van der Waals surface area (Å²) in [6.45, 7) is 2.06. The zero-order chi connectivity index (χ0) is 13.0. The molecular weight excluding hydrogens is 262 g/mol. The second-order valence-corrected chi connectivity index (χ2v) is 6.89. The minimum Gasteiger partial charge on any atom is -0.328 e. The molecule has 0 aromatic heterocycles. The Morgan fingerprint density at radius 3 is 2.78 bits per heavy atom. The predicted molar refractivity (Wildman–Crippen MR) is 81.5 cm³/mol. The first-order valence-corrected chi connectivity index (χ1v) is 8.18. The van der Waals surface area contributed by atoms with Gasteiger partial charge in [0.25, 0.3) is 0 Å². The van der Waals surface area contributed by atoms with Gasteiger partial charge in [-0.2, -0.15) is 0 Å². The van der Waals surface area contributed by atoms with E-state index in [0.29, 0.717) is 0 Å². The van der Waals surface area contributed by atoms with Crippen molar-refractivity contribution in [3.63, 3.8) is 0 Å². The molecule has 3 heteroatoms. The first-order chi connectivity index (χ1) is 8.65. The second kappa shape index (κ2) is 6.83. The van der Waals surface area contributed by atoms with Crippen molar-refractivity contribution < 1.29 is 0 Å². The highest BCUT2D eigenvalue weighted by Gasteiger charge is 2.16. The Morgan fingerprint density at radius 2 is 2.11 bits per heavy atom. The van der Waals surface area contributed by atoms with Crippen molar-refractivity contribution in [1.29, 1.82) is 0 Å². The van der Waals surface area contributed by atoms with Crippen LogP contribution in [-0.2, 0) is 6.42 Å². The van der Waals surface area contributed by atoms with Crippen LogP contribution < -0.4 is 5.73 Å². The maximum Gasteiger partial charge on any atom is 0.0417 e. The largest absolute Gasteiger partial charge is 0.328 e. The Kier molecular flexibility index (Phi) is 5.40. The van der Waals surface area contributed by atoms with Crippen molar-refractivity contribution in [2.75, 3.05) is 5.75 Å². The molecule has 0 heterocycles. The van der Waals surface area contributed by atoms with E-state index in [1.54, 1.807) is 0 Å². The van der Waals surface area contributed by atoms with Crippen LogP contribution in [0.3, 0.4) is 0 Å². The van der Waals surface area contributed by atoms with Gasteiger partial charge in [-0.15, -0.1) is 11.8 Å². The topological polar surface area (TPSA) is 26.0 Å². The summed E-state index contributed by atoms with van der Waals surface area (Å²) in [5, 5.41) is 0.831. The zero-order valence-electron chi connectivity index (χ0n) is 11.0. The van der Waals surface area contributed by atoms with Crippen LogP contribution in [0.1, 0.15) is 38.2 Å². The van der Waals surface area contributed by atoms with Crippen molar-refractivity contribution in [2.24, 2.45) is 11.7 Å². The zero-order valence-corrected chi connectivity index (χ0v) is 12.6. The highest BCUT2D eigenvalue weighted by Crippen LogP contribution is 2.33. The molecule has 1 aromatic carbocycles. The SMILES string of the molecule is CC(N)Cc1ccc(Cl)cc1SCC1CCCC1. The van der Waals surface area contributed by atoms with Gasteiger partial charge < -0.3 is 5.73 Å². The van der Waals surface area contributed by atoms with Crippen LogP contribution in [0.4, 0.5) is 0 Å². The standard InChI is InChI=1S/C15H22ClNS/c1-11(17)8-13-6-7-14(16)9-15(13)18-10-12-4-2-3-5-12/h6-7,9,11-12H,2-5,8,10,17H2,1H3. The summed E-state index contributed by atoms with van der Waals surface area (Å²) in [6.07, 6.45) is 6.55. The molecule has 1 aliphatic carbocycles. The first kappa shape index (κ1) is 14.2. The van der Waals surface area contributed by atoms with Gasteiger partial charge in [0.05, 0.1) is 0 Å².